The number of nitrogens with zero attached hydrogens (tertiary/aromatic N) is 4. The first kappa shape index (κ1) is 21.7. The van der Waals surface area contributed by atoms with Crippen LogP contribution in [0.5, 0.6) is 0 Å². The number of aryl methyl sites for hydroxylation is 1. The lowest BCUT2D eigenvalue weighted by molar-refractivity contribution is 0.619. The largest absolute Gasteiger partial charge is 0.378 e. The zero-order chi connectivity index (χ0) is 24.1. The Kier molecular flexibility index (Phi) is 5.11. The van der Waals surface area contributed by atoms with Gasteiger partial charge in [-0.25, -0.2) is 13.8 Å². The van der Waals surface area contributed by atoms with Gasteiger partial charge in [0, 0.05) is 44.6 Å². The molecule has 0 saturated heterocycles. The van der Waals surface area contributed by atoms with Gasteiger partial charge in [-0.05, 0) is 55.3 Å². The Morgan fingerprint density at radius 2 is 1.71 bits per heavy atom. The van der Waals surface area contributed by atoms with Crippen molar-refractivity contribution in [3.8, 4) is 5.69 Å². The Bertz CT molecular complexity index is 1590. The third-order valence-corrected chi connectivity index (χ3v) is 6.09. The molecule has 0 bridgehead atoms. The van der Waals surface area contributed by atoms with E-state index in [1.165, 1.54) is 45.0 Å². The highest BCUT2D eigenvalue weighted by Gasteiger charge is 2.31. The van der Waals surface area contributed by atoms with Crippen LogP contribution in [-0.2, 0) is 7.05 Å². The minimum absolute atomic E-state index is 0.109. The van der Waals surface area contributed by atoms with Crippen molar-refractivity contribution in [3.05, 3.63) is 91.6 Å². The van der Waals surface area contributed by atoms with Crippen molar-refractivity contribution >= 4 is 28.1 Å². The molecule has 2 heterocycles. The Balaban J connectivity index is 1.83. The van der Waals surface area contributed by atoms with Crippen LogP contribution in [0.15, 0.2) is 69.0 Å². The van der Waals surface area contributed by atoms with Crippen molar-refractivity contribution in [1.82, 2.24) is 13.7 Å². The molecule has 1 fully saturated rings. The smallest absolute Gasteiger partial charge is 0.337 e. The third-order valence-electron chi connectivity index (χ3n) is 6.09. The molecule has 0 aliphatic heterocycles. The molecule has 0 amide bonds. The van der Waals surface area contributed by atoms with Crippen LogP contribution in [0.1, 0.15) is 18.9 Å². The van der Waals surface area contributed by atoms with Gasteiger partial charge in [-0.2, -0.15) is 0 Å². The Labute approximate surface area is 194 Å². The van der Waals surface area contributed by atoms with E-state index in [1.807, 2.05) is 43.3 Å². The molecule has 0 radical (unpaired) electrons. The fourth-order valence-electron chi connectivity index (χ4n) is 4.16. The average molecular weight is 461 g/mol. The lowest BCUT2D eigenvalue weighted by Crippen LogP contribution is -2.41. The molecule has 0 unspecified atom stereocenters. The Morgan fingerprint density at radius 1 is 1.00 bits per heavy atom. The molecule has 1 aliphatic rings. The Morgan fingerprint density at radius 3 is 2.32 bits per heavy atom. The van der Waals surface area contributed by atoms with Gasteiger partial charge < -0.3 is 10.2 Å². The highest BCUT2D eigenvalue weighted by molar-refractivity contribution is 5.91. The maximum Gasteiger partial charge on any atom is 0.337 e. The molecule has 1 N–H and O–H groups in total. The van der Waals surface area contributed by atoms with Crippen molar-refractivity contribution in [2.75, 3.05) is 24.3 Å². The normalized spacial score (nSPS) is 13.3. The van der Waals surface area contributed by atoms with E-state index in [2.05, 4.69) is 5.32 Å². The standard InChI is InChI=1S/C25H24FN5O3/c1-28(2)17-9-7-16(8-10-17)27-20-14-21(32)29(3)23-22(20)24(33)31(18-11-12-18)25(34)30(23)19-6-4-5-15(26)13-19/h4-10,13-14,18,27H,11-12H2,1-3H3. The highest BCUT2D eigenvalue weighted by Crippen LogP contribution is 2.33. The molecule has 5 rings (SSSR count). The van der Waals surface area contributed by atoms with Gasteiger partial charge in [0.2, 0.25) is 0 Å². The maximum atomic E-state index is 14.1. The number of halogens is 1. The van der Waals surface area contributed by atoms with E-state index in [-0.39, 0.29) is 22.8 Å². The summed E-state index contributed by atoms with van der Waals surface area (Å²) in [6, 6.07) is 14.2. The lowest BCUT2D eigenvalue weighted by Gasteiger charge is -2.19. The molecule has 4 aromatic rings. The van der Waals surface area contributed by atoms with Crippen LogP contribution in [0.2, 0.25) is 0 Å². The number of pyridine rings is 1. The van der Waals surface area contributed by atoms with Crippen molar-refractivity contribution in [2.45, 2.75) is 18.9 Å². The first-order chi connectivity index (χ1) is 16.3. The fourth-order valence-corrected chi connectivity index (χ4v) is 4.16. The van der Waals surface area contributed by atoms with Crippen LogP contribution in [0.3, 0.4) is 0 Å². The van der Waals surface area contributed by atoms with E-state index < -0.39 is 22.6 Å². The minimum Gasteiger partial charge on any atom is -0.378 e. The molecule has 0 atom stereocenters. The fraction of sp³-hybridized carbons (Fsp3) is 0.240. The quantitative estimate of drug-likeness (QED) is 0.494. The van der Waals surface area contributed by atoms with E-state index in [9.17, 15) is 18.8 Å². The van der Waals surface area contributed by atoms with Crippen LogP contribution >= 0.6 is 0 Å². The van der Waals surface area contributed by atoms with E-state index in [1.54, 1.807) is 6.07 Å². The molecule has 2 aromatic carbocycles. The number of hydrogen-bond donors (Lipinski definition) is 1. The topological polar surface area (TPSA) is 81.3 Å². The molecule has 34 heavy (non-hydrogen) atoms. The van der Waals surface area contributed by atoms with Crippen LogP contribution in [0, 0.1) is 5.82 Å². The van der Waals surface area contributed by atoms with Crippen molar-refractivity contribution in [2.24, 2.45) is 7.05 Å². The summed E-state index contributed by atoms with van der Waals surface area (Å²) >= 11 is 0. The molecular formula is C25H24FN5O3. The molecular weight excluding hydrogens is 437 g/mol. The van der Waals surface area contributed by atoms with E-state index in [0.29, 0.717) is 24.2 Å². The highest BCUT2D eigenvalue weighted by atomic mass is 19.1. The zero-order valence-corrected chi connectivity index (χ0v) is 19.1. The second-order valence-electron chi connectivity index (χ2n) is 8.72. The molecule has 0 spiro atoms. The van der Waals surface area contributed by atoms with Crippen molar-refractivity contribution in [3.63, 3.8) is 0 Å². The molecule has 8 nitrogen and oxygen atoms in total. The van der Waals surface area contributed by atoms with Crippen molar-refractivity contribution < 1.29 is 4.39 Å². The second-order valence-corrected chi connectivity index (χ2v) is 8.72. The van der Waals surface area contributed by atoms with Gasteiger partial charge in [0.05, 0.1) is 11.4 Å². The molecule has 2 aromatic heterocycles. The van der Waals surface area contributed by atoms with Crippen LogP contribution < -0.4 is 27.0 Å². The van der Waals surface area contributed by atoms with Crippen molar-refractivity contribution in [1.29, 1.82) is 0 Å². The summed E-state index contributed by atoms with van der Waals surface area (Å²) in [4.78, 5) is 42.0. The summed E-state index contributed by atoms with van der Waals surface area (Å²) in [5.74, 6) is -0.526. The summed E-state index contributed by atoms with van der Waals surface area (Å²) in [6.45, 7) is 0. The summed E-state index contributed by atoms with van der Waals surface area (Å²) in [7, 11) is 5.36. The van der Waals surface area contributed by atoms with Gasteiger partial charge in [0.1, 0.15) is 16.9 Å². The van der Waals surface area contributed by atoms with E-state index in [4.69, 9.17) is 0 Å². The molecule has 174 valence electrons. The summed E-state index contributed by atoms with van der Waals surface area (Å²) in [5, 5.41) is 3.37. The predicted molar refractivity (Wildman–Crippen MR) is 131 cm³/mol. The predicted octanol–water partition coefficient (Wildman–Crippen LogP) is 3.13. The summed E-state index contributed by atoms with van der Waals surface area (Å²) in [5.41, 5.74) is 0.847. The molecule has 1 saturated carbocycles. The van der Waals surface area contributed by atoms with Gasteiger partial charge in [0.25, 0.3) is 11.1 Å². The number of aromatic nitrogens is 3. The van der Waals surface area contributed by atoms with Crippen LogP contribution in [-0.4, -0.2) is 27.8 Å². The minimum atomic E-state index is -0.590. The van der Waals surface area contributed by atoms with Gasteiger partial charge in [-0.1, -0.05) is 6.07 Å². The number of hydrogen-bond acceptors (Lipinski definition) is 5. The first-order valence-electron chi connectivity index (χ1n) is 11.0. The molecule has 1 aliphatic carbocycles. The van der Waals surface area contributed by atoms with Gasteiger partial charge in [-0.15, -0.1) is 0 Å². The number of benzene rings is 2. The summed E-state index contributed by atoms with van der Waals surface area (Å²) in [6.07, 6.45) is 1.43. The van der Waals surface area contributed by atoms with E-state index in [0.717, 1.165) is 5.69 Å². The number of rotatable bonds is 5. The number of anilines is 3. The second kappa shape index (κ2) is 8.02. The van der Waals surface area contributed by atoms with Gasteiger partial charge >= 0.3 is 5.69 Å². The van der Waals surface area contributed by atoms with Gasteiger partial charge in [-0.3, -0.25) is 18.7 Å². The SMILES string of the molecule is CN(C)c1ccc(Nc2cc(=O)n(C)c3c2c(=O)n(C2CC2)c(=O)n3-c2cccc(F)c2)cc1. The van der Waals surface area contributed by atoms with E-state index >= 15 is 0 Å². The third kappa shape index (κ3) is 3.59. The average Bonchev–Trinajstić information content (AvgIpc) is 3.62. The Hall–Kier alpha value is -4.14. The zero-order valence-electron chi connectivity index (χ0n) is 19.1. The van der Waals surface area contributed by atoms with Gasteiger partial charge in [0.15, 0.2) is 0 Å². The number of nitrogens with one attached hydrogen (secondary N) is 1. The maximum absolute atomic E-state index is 14.1. The summed E-state index contributed by atoms with van der Waals surface area (Å²) < 4.78 is 17.8. The molecule has 9 heteroatoms. The van der Waals surface area contributed by atoms with Crippen LogP contribution in [0.25, 0.3) is 16.7 Å². The monoisotopic (exact) mass is 461 g/mol. The lowest BCUT2D eigenvalue weighted by atomic mass is 10.2. The van der Waals surface area contributed by atoms with Crippen LogP contribution in [0.4, 0.5) is 21.5 Å². The first-order valence-corrected chi connectivity index (χ1v) is 11.0. The number of fused-ring (bicyclic) bond motifs is 1.